The molecule has 1 aromatic carbocycles. The van der Waals surface area contributed by atoms with E-state index >= 15 is 0 Å². The molecule has 1 aromatic heterocycles. The van der Waals surface area contributed by atoms with Gasteiger partial charge < -0.3 is 10.1 Å². The minimum absolute atomic E-state index is 0.206. The minimum atomic E-state index is -0.447. The highest BCUT2D eigenvalue weighted by Gasteiger charge is 2.42. The van der Waals surface area contributed by atoms with Crippen molar-refractivity contribution in [3.05, 3.63) is 59.7 Å². The van der Waals surface area contributed by atoms with Gasteiger partial charge in [0.25, 0.3) is 5.91 Å². The van der Waals surface area contributed by atoms with Gasteiger partial charge in [-0.05, 0) is 18.6 Å². The molecule has 0 radical (unpaired) electrons. The molecule has 2 aromatic rings. The molecule has 5 heteroatoms. The Labute approximate surface area is 117 Å². The van der Waals surface area contributed by atoms with Crippen LogP contribution < -0.4 is 5.32 Å². The van der Waals surface area contributed by atoms with Crippen LogP contribution in [0.15, 0.2) is 42.7 Å². The third-order valence-corrected chi connectivity index (χ3v) is 3.41. The topological polar surface area (TPSA) is 64.1 Å². The lowest BCUT2D eigenvalue weighted by molar-refractivity contribution is -0.0734. The minimum Gasteiger partial charge on any atom is -0.376 e. The number of carbonyl (C=O) groups is 1. The predicted molar refractivity (Wildman–Crippen MR) is 73.2 cm³/mol. The fourth-order valence-corrected chi connectivity index (χ4v) is 2.23. The van der Waals surface area contributed by atoms with Gasteiger partial charge in [0.05, 0.1) is 13.2 Å². The fourth-order valence-electron chi connectivity index (χ4n) is 2.23. The lowest BCUT2D eigenvalue weighted by atomic mass is 9.88. The average molecular weight is 269 g/mol. The number of hydrogen-bond donors (Lipinski definition) is 1. The Kier molecular flexibility index (Phi) is 3.20. The third kappa shape index (κ3) is 2.28. The van der Waals surface area contributed by atoms with Crippen LogP contribution in [0, 0.1) is 6.92 Å². The largest absolute Gasteiger partial charge is 0.376 e. The van der Waals surface area contributed by atoms with Gasteiger partial charge in [-0.15, -0.1) is 0 Å². The van der Waals surface area contributed by atoms with Gasteiger partial charge in [-0.2, -0.15) is 0 Å². The summed E-state index contributed by atoms with van der Waals surface area (Å²) in [6, 6.07) is 11.5. The lowest BCUT2D eigenvalue weighted by Crippen LogP contribution is -2.59. The normalized spacial score (nSPS) is 16.2. The Bertz CT molecular complexity index is 624. The van der Waals surface area contributed by atoms with E-state index in [-0.39, 0.29) is 5.91 Å². The summed E-state index contributed by atoms with van der Waals surface area (Å²) in [4.78, 5) is 20.3. The van der Waals surface area contributed by atoms with Gasteiger partial charge in [0.15, 0.2) is 0 Å². The van der Waals surface area contributed by atoms with Crippen molar-refractivity contribution >= 4 is 5.91 Å². The molecule has 0 spiro atoms. The smallest absolute Gasteiger partial charge is 0.270 e. The van der Waals surface area contributed by atoms with E-state index in [9.17, 15) is 4.79 Å². The molecule has 2 heterocycles. The number of nitrogens with zero attached hydrogens (tertiary/aromatic N) is 2. The van der Waals surface area contributed by atoms with Crippen LogP contribution in [-0.4, -0.2) is 29.1 Å². The Hall–Kier alpha value is -2.27. The zero-order chi connectivity index (χ0) is 14.0. The highest BCUT2D eigenvalue weighted by atomic mass is 16.5. The summed E-state index contributed by atoms with van der Waals surface area (Å²) >= 11 is 0. The third-order valence-electron chi connectivity index (χ3n) is 3.41. The van der Waals surface area contributed by atoms with Crippen LogP contribution in [0.5, 0.6) is 0 Å². The van der Waals surface area contributed by atoms with Crippen molar-refractivity contribution in [1.29, 1.82) is 0 Å². The van der Waals surface area contributed by atoms with Crippen molar-refractivity contribution in [1.82, 2.24) is 15.3 Å². The van der Waals surface area contributed by atoms with E-state index in [4.69, 9.17) is 4.74 Å². The summed E-state index contributed by atoms with van der Waals surface area (Å²) in [5.41, 5.74) is 1.74. The molecule has 1 aliphatic heterocycles. The number of nitrogens with one attached hydrogen (secondary N) is 1. The molecule has 1 fully saturated rings. The molecular weight excluding hydrogens is 254 g/mol. The van der Waals surface area contributed by atoms with Crippen molar-refractivity contribution in [3.63, 3.8) is 0 Å². The van der Waals surface area contributed by atoms with Crippen LogP contribution in [0.4, 0.5) is 0 Å². The highest BCUT2D eigenvalue weighted by Crippen LogP contribution is 2.29. The lowest BCUT2D eigenvalue weighted by Gasteiger charge is -2.42. The summed E-state index contributed by atoms with van der Waals surface area (Å²) in [5, 5.41) is 3.04. The molecule has 3 rings (SSSR count). The van der Waals surface area contributed by atoms with E-state index in [1.807, 2.05) is 37.3 Å². The maximum Gasteiger partial charge on any atom is 0.270 e. The Morgan fingerprint density at radius 1 is 1.25 bits per heavy atom. The average Bonchev–Trinajstić information content (AvgIpc) is 2.43. The molecule has 1 aliphatic rings. The molecule has 0 unspecified atom stereocenters. The van der Waals surface area contributed by atoms with Crippen LogP contribution in [0.2, 0.25) is 0 Å². The summed E-state index contributed by atoms with van der Waals surface area (Å²) in [6.07, 6.45) is 1.40. The number of rotatable bonds is 3. The standard InChI is InChI=1S/C15H15N3O2/c1-11-7-13(17-10-16-11)14(19)18-15(8-20-9-15)12-5-3-2-4-6-12/h2-7,10H,8-9H2,1H3,(H,18,19). The molecule has 1 N–H and O–H groups in total. The predicted octanol–water partition coefficient (Wildman–Crippen LogP) is 1.44. The zero-order valence-electron chi connectivity index (χ0n) is 11.2. The van der Waals surface area contributed by atoms with Gasteiger partial charge in [-0.1, -0.05) is 30.3 Å². The van der Waals surface area contributed by atoms with Crippen molar-refractivity contribution in [2.45, 2.75) is 12.5 Å². The van der Waals surface area contributed by atoms with Crippen LogP contribution >= 0.6 is 0 Å². The summed E-state index contributed by atoms with van der Waals surface area (Å²) < 4.78 is 5.31. The van der Waals surface area contributed by atoms with Gasteiger partial charge in [0.2, 0.25) is 0 Å². The monoisotopic (exact) mass is 269 g/mol. The molecule has 0 bridgehead atoms. The van der Waals surface area contributed by atoms with Crippen LogP contribution in [-0.2, 0) is 10.3 Å². The maximum atomic E-state index is 12.3. The van der Waals surface area contributed by atoms with Crippen molar-refractivity contribution < 1.29 is 9.53 Å². The maximum absolute atomic E-state index is 12.3. The second-order valence-electron chi connectivity index (χ2n) is 4.94. The summed E-state index contributed by atoms with van der Waals surface area (Å²) in [5.74, 6) is -0.206. The molecule has 20 heavy (non-hydrogen) atoms. The number of amides is 1. The Morgan fingerprint density at radius 3 is 2.60 bits per heavy atom. The highest BCUT2D eigenvalue weighted by molar-refractivity contribution is 5.93. The van der Waals surface area contributed by atoms with E-state index in [1.165, 1.54) is 6.33 Å². The number of aromatic nitrogens is 2. The van der Waals surface area contributed by atoms with Crippen molar-refractivity contribution in [2.75, 3.05) is 13.2 Å². The van der Waals surface area contributed by atoms with Gasteiger partial charge in [0, 0.05) is 5.69 Å². The molecular formula is C15H15N3O2. The number of hydrogen-bond acceptors (Lipinski definition) is 4. The summed E-state index contributed by atoms with van der Waals surface area (Å²) in [7, 11) is 0. The SMILES string of the molecule is Cc1cc(C(=O)NC2(c3ccccc3)COC2)ncn1. The Balaban J connectivity index is 1.84. The van der Waals surface area contributed by atoms with E-state index in [2.05, 4.69) is 15.3 Å². The van der Waals surface area contributed by atoms with Crippen LogP contribution in [0.25, 0.3) is 0 Å². The molecule has 0 aliphatic carbocycles. The first kappa shape index (κ1) is 12.7. The first-order valence-corrected chi connectivity index (χ1v) is 6.44. The molecule has 1 saturated heterocycles. The number of benzene rings is 1. The first-order chi connectivity index (χ1) is 9.70. The number of ether oxygens (including phenoxy) is 1. The van der Waals surface area contributed by atoms with E-state index in [1.54, 1.807) is 6.07 Å². The van der Waals surface area contributed by atoms with Gasteiger partial charge in [0.1, 0.15) is 17.6 Å². The number of aryl methyl sites for hydroxylation is 1. The van der Waals surface area contributed by atoms with E-state index in [0.29, 0.717) is 18.9 Å². The van der Waals surface area contributed by atoms with E-state index < -0.39 is 5.54 Å². The van der Waals surface area contributed by atoms with Gasteiger partial charge in [-0.3, -0.25) is 4.79 Å². The first-order valence-electron chi connectivity index (χ1n) is 6.44. The fraction of sp³-hybridized carbons (Fsp3) is 0.267. The number of carbonyl (C=O) groups excluding carboxylic acids is 1. The molecule has 102 valence electrons. The molecule has 5 nitrogen and oxygen atoms in total. The van der Waals surface area contributed by atoms with Gasteiger partial charge >= 0.3 is 0 Å². The van der Waals surface area contributed by atoms with E-state index in [0.717, 1.165) is 11.3 Å². The second-order valence-corrected chi connectivity index (χ2v) is 4.94. The molecule has 1 amide bonds. The molecule has 0 atom stereocenters. The van der Waals surface area contributed by atoms with Crippen molar-refractivity contribution in [3.8, 4) is 0 Å². The van der Waals surface area contributed by atoms with Crippen LogP contribution in [0.3, 0.4) is 0 Å². The van der Waals surface area contributed by atoms with Crippen LogP contribution in [0.1, 0.15) is 21.7 Å². The second kappa shape index (κ2) is 5.02. The zero-order valence-corrected chi connectivity index (χ0v) is 11.2. The quantitative estimate of drug-likeness (QED) is 0.915. The Morgan fingerprint density at radius 2 is 2.00 bits per heavy atom. The van der Waals surface area contributed by atoms with Crippen molar-refractivity contribution in [2.24, 2.45) is 0 Å². The summed E-state index contributed by atoms with van der Waals surface area (Å²) in [6.45, 7) is 2.79. The van der Waals surface area contributed by atoms with Gasteiger partial charge in [-0.25, -0.2) is 9.97 Å². The molecule has 0 saturated carbocycles.